The number of aromatic nitrogens is 1. The van der Waals surface area contributed by atoms with Crippen LogP contribution in [0.5, 0.6) is 0 Å². The lowest BCUT2D eigenvalue weighted by Gasteiger charge is -2.14. The van der Waals surface area contributed by atoms with Crippen molar-refractivity contribution < 1.29 is 22.8 Å². The molecule has 7 nitrogen and oxygen atoms in total. The maximum absolute atomic E-state index is 13.0. The third kappa shape index (κ3) is 5.39. The highest BCUT2D eigenvalue weighted by molar-refractivity contribution is 6.35. The molecular formula is C28H22F3N5O2. The second kappa shape index (κ2) is 9.81. The van der Waals surface area contributed by atoms with Crippen molar-refractivity contribution in [2.45, 2.75) is 13.1 Å². The van der Waals surface area contributed by atoms with E-state index in [1.165, 1.54) is 12.1 Å². The summed E-state index contributed by atoms with van der Waals surface area (Å²) in [5.74, 6) is -0.194. The Hall–Kier alpha value is -4.99. The third-order valence-electron chi connectivity index (χ3n) is 5.95. The van der Waals surface area contributed by atoms with Gasteiger partial charge in [-0.3, -0.25) is 4.79 Å². The second-order valence-corrected chi connectivity index (χ2v) is 8.71. The summed E-state index contributed by atoms with van der Waals surface area (Å²) in [7, 11) is 0. The summed E-state index contributed by atoms with van der Waals surface area (Å²) in [6.07, 6.45) is -0.936. The number of carbonyl (C=O) groups is 2. The largest absolute Gasteiger partial charge is 0.416 e. The van der Waals surface area contributed by atoms with Gasteiger partial charge in [0.1, 0.15) is 0 Å². The number of fused-ring (bicyclic) bond motifs is 1. The Kier molecular flexibility index (Phi) is 6.38. The van der Waals surface area contributed by atoms with Crippen LogP contribution in [0.2, 0.25) is 0 Å². The molecule has 0 aliphatic carbocycles. The van der Waals surface area contributed by atoms with Gasteiger partial charge in [0, 0.05) is 40.2 Å². The van der Waals surface area contributed by atoms with Crippen LogP contribution in [0, 0.1) is 6.92 Å². The highest BCUT2D eigenvalue weighted by Crippen LogP contribution is 2.36. The Bertz CT molecular complexity index is 1560. The molecule has 2 heterocycles. The van der Waals surface area contributed by atoms with E-state index in [2.05, 4.69) is 26.3 Å². The number of rotatable bonds is 5. The first-order chi connectivity index (χ1) is 18.2. The molecule has 0 saturated carbocycles. The lowest BCUT2D eigenvalue weighted by Crippen LogP contribution is -2.20. The van der Waals surface area contributed by atoms with E-state index in [1.54, 1.807) is 31.3 Å². The third-order valence-corrected chi connectivity index (χ3v) is 5.95. The molecule has 1 aromatic heterocycles. The number of benzene rings is 3. The summed E-state index contributed by atoms with van der Waals surface area (Å²) < 4.78 is 38.9. The number of alkyl halides is 3. The zero-order valence-electron chi connectivity index (χ0n) is 20.0. The minimum atomic E-state index is -4.51. The SMILES string of the molecule is Cc1ccc(Nc2ccc3c(c2)NC(=O)/C3=C\c2ccc[nH]2)cc1NC(=O)Nc1cccc(C(F)(F)F)c1. The lowest BCUT2D eigenvalue weighted by molar-refractivity contribution is -0.137. The van der Waals surface area contributed by atoms with Crippen LogP contribution < -0.4 is 21.3 Å². The number of anilines is 5. The van der Waals surface area contributed by atoms with E-state index in [0.29, 0.717) is 28.3 Å². The summed E-state index contributed by atoms with van der Waals surface area (Å²) in [5.41, 5.74) is 4.62. The van der Waals surface area contributed by atoms with Crippen LogP contribution in [0.4, 0.5) is 46.4 Å². The molecular weight excluding hydrogens is 495 g/mol. The minimum absolute atomic E-state index is 0.0223. The Morgan fingerprint density at radius 1 is 0.895 bits per heavy atom. The molecule has 1 aliphatic rings. The zero-order chi connectivity index (χ0) is 26.9. The standard InChI is InChI=1S/C28H22F3N5O2/c1-16-7-8-20(14-24(16)36-27(38)34-19-5-2-4-17(12-19)28(29,30)31)33-21-9-10-22-23(13-18-6-3-11-32-18)26(37)35-25(22)15-21/h2-15,32-33H,1H3,(H,35,37)(H2,34,36,38)/b23-13-. The van der Waals surface area contributed by atoms with E-state index < -0.39 is 17.8 Å². The van der Waals surface area contributed by atoms with E-state index >= 15 is 0 Å². The van der Waals surface area contributed by atoms with E-state index in [1.807, 2.05) is 36.4 Å². The number of carbonyl (C=O) groups excluding carboxylic acids is 2. The summed E-state index contributed by atoms with van der Waals surface area (Å²) in [4.78, 5) is 28.0. The first kappa shape index (κ1) is 24.7. The van der Waals surface area contributed by atoms with Crippen LogP contribution in [0.3, 0.4) is 0 Å². The number of H-pyrrole nitrogens is 1. The van der Waals surface area contributed by atoms with Gasteiger partial charge in [-0.05, 0) is 73.2 Å². The molecule has 4 aromatic rings. The van der Waals surface area contributed by atoms with Gasteiger partial charge in [0.05, 0.1) is 16.8 Å². The van der Waals surface area contributed by atoms with Gasteiger partial charge < -0.3 is 26.3 Å². The highest BCUT2D eigenvalue weighted by Gasteiger charge is 2.30. The number of halogens is 3. The predicted molar refractivity (Wildman–Crippen MR) is 142 cm³/mol. The summed E-state index contributed by atoms with van der Waals surface area (Å²) >= 11 is 0. The summed E-state index contributed by atoms with van der Waals surface area (Å²) in [5, 5.41) is 11.2. The normalized spacial score (nSPS) is 13.7. The van der Waals surface area contributed by atoms with Gasteiger partial charge in [-0.25, -0.2) is 4.79 Å². The quantitative estimate of drug-likeness (QED) is 0.181. The van der Waals surface area contributed by atoms with Crippen molar-refractivity contribution in [1.82, 2.24) is 4.98 Å². The van der Waals surface area contributed by atoms with Crippen molar-refractivity contribution in [3.8, 4) is 0 Å². The van der Waals surface area contributed by atoms with E-state index in [9.17, 15) is 22.8 Å². The smallest absolute Gasteiger partial charge is 0.362 e. The van der Waals surface area contributed by atoms with Gasteiger partial charge in [0.15, 0.2) is 0 Å². The number of amides is 3. The molecule has 0 radical (unpaired) electrons. The second-order valence-electron chi connectivity index (χ2n) is 8.71. The molecule has 0 spiro atoms. The van der Waals surface area contributed by atoms with Crippen LogP contribution in [0.1, 0.15) is 22.4 Å². The Balaban J connectivity index is 1.29. The monoisotopic (exact) mass is 517 g/mol. The molecule has 38 heavy (non-hydrogen) atoms. The van der Waals surface area contributed by atoms with Gasteiger partial charge in [-0.15, -0.1) is 0 Å². The molecule has 192 valence electrons. The molecule has 1 aliphatic heterocycles. The van der Waals surface area contributed by atoms with Crippen molar-refractivity contribution in [2.75, 3.05) is 21.3 Å². The summed E-state index contributed by atoms with van der Waals surface area (Å²) in [6, 6.07) is 18.3. The van der Waals surface area contributed by atoms with Crippen molar-refractivity contribution in [3.05, 3.63) is 101 Å². The molecule has 5 rings (SSSR count). The molecule has 0 atom stereocenters. The molecule has 0 saturated heterocycles. The fourth-order valence-electron chi connectivity index (χ4n) is 4.06. The van der Waals surface area contributed by atoms with Crippen molar-refractivity contribution >= 4 is 52.0 Å². The number of hydrogen-bond acceptors (Lipinski definition) is 3. The Morgan fingerprint density at radius 3 is 2.45 bits per heavy atom. The number of aromatic amines is 1. The van der Waals surface area contributed by atoms with E-state index in [4.69, 9.17) is 0 Å². The van der Waals surface area contributed by atoms with Crippen LogP contribution in [0.25, 0.3) is 11.6 Å². The lowest BCUT2D eigenvalue weighted by atomic mass is 10.1. The predicted octanol–water partition coefficient (Wildman–Crippen LogP) is 7.22. The Labute approximate surface area is 215 Å². The van der Waals surface area contributed by atoms with Crippen LogP contribution in [-0.2, 0) is 11.0 Å². The molecule has 3 aromatic carbocycles. The molecule has 0 fully saturated rings. The minimum Gasteiger partial charge on any atom is -0.362 e. The van der Waals surface area contributed by atoms with E-state index in [-0.39, 0.29) is 11.6 Å². The number of urea groups is 1. The molecule has 0 bridgehead atoms. The number of hydrogen-bond donors (Lipinski definition) is 5. The number of aryl methyl sites for hydroxylation is 1. The van der Waals surface area contributed by atoms with Gasteiger partial charge in [-0.2, -0.15) is 13.2 Å². The van der Waals surface area contributed by atoms with Crippen LogP contribution in [0.15, 0.2) is 79.0 Å². The average Bonchev–Trinajstić information content (AvgIpc) is 3.48. The van der Waals surface area contributed by atoms with Crippen LogP contribution in [-0.4, -0.2) is 16.9 Å². The van der Waals surface area contributed by atoms with E-state index in [0.717, 1.165) is 29.0 Å². The number of nitrogens with one attached hydrogen (secondary N) is 5. The van der Waals surface area contributed by atoms with Crippen LogP contribution >= 0.6 is 0 Å². The fraction of sp³-hybridized carbons (Fsp3) is 0.0714. The first-order valence-corrected chi connectivity index (χ1v) is 11.6. The molecule has 5 N–H and O–H groups in total. The van der Waals surface area contributed by atoms with Gasteiger partial charge in [0.25, 0.3) is 5.91 Å². The van der Waals surface area contributed by atoms with Gasteiger partial charge in [-0.1, -0.05) is 18.2 Å². The molecule has 0 unspecified atom stereocenters. The van der Waals surface area contributed by atoms with Crippen molar-refractivity contribution in [3.63, 3.8) is 0 Å². The van der Waals surface area contributed by atoms with Crippen molar-refractivity contribution in [2.24, 2.45) is 0 Å². The first-order valence-electron chi connectivity index (χ1n) is 11.6. The van der Waals surface area contributed by atoms with Gasteiger partial charge in [0.2, 0.25) is 0 Å². The average molecular weight is 518 g/mol. The molecule has 3 amide bonds. The highest BCUT2D eigenvalue weighted by atomic mass is 19.4. The molecule has 10 heteroatoms. The summed E-state index contributed by atoms with van der Waals surface area (Å²) in [6.45, 7) is 1.80. The fourth-order valence-corrected chi connectivity index (χ4v) is 4.06. The Morgan fingerprint density at radius 2 is 1.68 bits per heavy atom. The van der Waals surface area contributed by atoms with Gasteiger partial charge >= 0.3 is 12.2 Å². The maximum Gasteiger partial charge on any atom is 0.416 e. The van der Waals surface area contributed by atoms with Crippen molar-refractivity contribution in [1.29, 1.82) is 0 Å². The maximum atomic E-state index is 13.0. The topological polar surface area (TPSA) is 98.0 Å². The zero-order valence-corrected chi connectivity index (χ0v) is 20.0.